The van der Waals surface area contributed by atoms with E-state index in [0.29, 0.717) is 12.8 Å². The number of ether oxygens (including phenoxy) is 1. The van der Waals surface area contributed by atoms with Crippen LogP contribution in [0.25, 0.3) is 0 Å². The maximum absolute atomic E-state index is 10.4. The first-order valence-electron chi connectivity index (χ1n) is 2.77. The van der Waals surface area contributed by atoms with Crippen LogP contribution in [0.3, 0.4) is 0 Å². The molecule has 1 saturated heterocycles. The molecule has 0 aromatic rings. The predicted molar refractivity (Wildman–Crippen MR) is 27.3 cm³/mol. The Hall–Kier alpha value is -0.610. The van der Waals surface area contributed by atoms with Gasteiger partial charge in [-0.2, -0.15) is 0 Å². The number of carbonyl (C=O) groups excluding carboxylic acids is 1. The molecule has 0 saturated carbocycles. The Kier molecular flexibility index (Phi) is 1.68. The molecule has 0 aromatic heterocycles. The molecule has 4 nitrogen and oxygen atoms in total. The van der Waals surface area contributed by atoms with Crippen LogP contribution >= 0.6 is 0 Å². The molecule has 0 spiro atoms. The van der Waals surface area contributed by atoms with Crippen molar-refractivity contribution >= 4 is 5.97 Å². The highest BCUT2D eigenvalue weighted by atomic mass is 16.6. The van der Waals surface area contributed by atoms with Crippen LogP contribution in [0.4, 0.5) is 0 Å². The average molecular weight is 132 g/mol. The number of hydrogen-bond acceptors (Lipinski definition) is 4. The molecule has 0 amide bonds. The van der Waals surface area contributed by atoms with Crippen molar-refractivity contribution in [2.45, 2.75) is 25.2 Å². The Balaban J connectivity index is 2.44. The SMILES string of the molecule is O=C1OC(O)CCC1O. The molecule has 0 aromatic carbocycles. The van der Waals surface area contributed by atoms with Crippen LogP contribution in [-0.2, 0) is 9.53 Å². The van der Waals surface area contributed by atoms with Gasteiger partial charge in [0.25, 0.3) is 0 Å². The fourth-order valence-corrected chi connectivity index (χ4v) is 0.690. The van der Waals surface area contributed by atoms with Crippen molar-refractivity contribution in [1.82, 2.24) is 0 Å². The third kappa shape index (κ3) is 1.40. The van der Waals surface area contributed by atoms with Gasteiger partial charge in [-0.3, -0.25) is 0 Å². The van der Waals surface area contributed by atoms with Gasteiger partial charge in [-0.1, -0.05) is 0 Å². The number of cyclic esters (lactones) is 1. The number of rotatable bonds is 0. The lowest BCUT2D eigenvalue weighted by atomic mass is 10.1. The molecule has 0 radical (unpaired) electrons. The van der Waals surface area contributed by atoms with Crippen LogP contribution in [-0.4, -0.2) is 28.6 Å². The van der Waals surface area contributed by atoms with Gasteiger partial charge in [0.05, 0.1) is 0 Å². The second kappa shape index (κ2) is 2.33. The third-order valence-electron chi connectivity index (χ3n) is 1.21. The molecule has 1 fully saturated rings. The monoisotopic (exact) mass is 132 g/mol. The summed E-state index contributed by atoms with van der Waals surface area (Å²) in [7, 11) is 0. The molecule has 0 bridgehead atoms. The van der Waals surface area contributed by atoms with E-state index in [1.54, 1.807) is 0 Å². The number of aliphatic hydroxyl groups is 2. The first-order valence-corrected chi connectivity index (χ1v) is 2.77. The highest BCUT2D eigenvalue weighted by molar-refractivity contribution is 5.74. The van der Waals surface area contributed by atoms with Gasteiger partial charge < -0.3 is 14.9 Å². The molecular formula is C5H8O4. The van der Waals surface area contributed by atoms with E-state index in [9.17, 15) is 4.79 Å². The van der Waals surface area contributed by atoms with Crippen LogP contribution < -0.4 is 0 Å². The van der Waals surface area contributed by atoms with E-state index in [1.807, 2.05) is 0 Å². The largest absolute Gasteiger partial charge is 0.434 e. The van der Waals surface area contributed by atoms with E-state index in [1.165, 1.54) is 0 Å². The van der Waals surface area contributed by atoms with E-state index >= 15 is 0 Å². The molecule has 2 atom stereocenters. The first kappa shape index (κ1) is 6.51. The summed E-state index contributed by atoms with van der Waals surface area (Å²) in [6, 6.07) is 0. The van der Waals surface area contributed by atoms with E-state index < -0.39 is 18.4 Å². The van der Waals surface area contributed by atoms with E-state index in [0.717, 1.165) is 0 Å². The molecule has 2 unspecified atom stereocenters. The smallest absolute Gasteiger partial charge is 0.337 e. The van der Waals surface area contributed by atoms with Crippen molar-refractivity contribution in [2.24, 2.45) is 0 Å². The number of carbonyl (C=O) groups is 1. The Morgan fingerprint density at radius 3 is 2.56 bits per heavy atom. The topological polar surface area (TPSA) is 66.8 Å². The van der Waals surface area contributed by atoms with Crippen molar-refractivity contribution in [3.8, 4) is 0 Å². The maximum Gasteiger partial charge on any atom is 0.337 e. The number of aliphatic hydroxyl groups excluding tert-OH is 2. The molecule has 4 heteroatoms. The summed E-state index contributed by atoms with van der Waals surface area (Å²) in [5.74, 6) is -0.728. The van der Waals surface area contributed by atoms with Crippen LogP contribution in [0.1, 0.15) is 12.8 Å². The lowest BCUT2D eigenvalue weighted by molar-refractivity contribution is -0.190. The van der Waals surface area contributed by atoms with Gasteiger partial charge in [-0.15, -0.1) is 0 Å². The maximum atomic E-state index is 10.4. The molecule has 2 N–H and O–H groups in total. The van der Waals surface area contributed by atoms with Gasteiger partial charge in [0.15, 0.2) is 6.10 Å². The zero-order valence-electron chi connectivity index (χ0n) is 4.78. The van der Waals surface area contributed by atoms with Crippen molar-refractivity contribution in [1.29, 1.82) is 0 Å². The van der Waals surface area contributed by atoms with Crippen molar-refractivity contribution in [2.75, 3.05) is 0 Å². The highest BCUT2D eigenvalue weighted by Crippen LogP contribution is 2.11. The molecule has 1 heterocycles. The molecule has 1 aliphatic heterocycles. The van der Waals surface area contributed by atoms with E-state index in [4.69, 9.17) is 10.2 Å². The fraction of sp³-hybridized carbons (Fsp3) is 0.800. The third-order valence-corrected chi connectivity index (χ3v) is 1.21. The van der Waals surface area contributed by atoms with E-state index in [2.05, 4.69) is 4.74 Å². The summed E-state index contributed by atoms with van der Waals surface area (Å²) >= 11 is 0. The standard InChI is InChI=1S/C5H8O4/c6-3-1-2-4(7)9-5(3)8/h3-4,6-7H,1-2H2. The minimum Gasteiger partial charge on any atom is -0.434 e. The quantitative estimate of drug-likeness (QED) is 0.415. The van der Waals surface area contributed by atoms with Gasteiger partial charge in [-0.25, -0.2) is 4.79 Å². The predicted octanol–water partition coefficient (Wildman–Crippen LogP) is -0.997. The second-order valence-electron chi connectivity index (χ2n) is 1.98. The van der Waals surface area contributed by atoms with Crippen molar-refractivity contribution < 1.29 is 19.7 Å². The highest BCUT2D eigenvalue weighted by Gasteiger charge is 2.26. The van der Waals surface area contributed by atoms with Gasteiger partial charge in [0.1, 0.15) is 0 Å². The van der Waals surface area contributed by atoms with Gasteiger partial charge in [0.2, 0.25) is 6.29 Å². The lowest BCUT2D eigenvalue weighted by Crippen LogP contribution is -2.34. The van der Waals surface area contributed by atoms with Gasteiger partial charge >= 0.3 is 5.97 Å². The van der Waals surface area contributed by atoms with Crippen LogP contribution in [0.2, 0.25) is 0 Å². The first-order chi connectivity index (χ1) is 4.20. The lowest BCUT2D eigenvalue weighted by Gasteiger charge is -2.20. The summed E-state index contributed by atoms with van der Waals surface area (Å²) in [6.07, 6.45) is -1.43. The molecule has 1 rings (SSSR count). The number of hydrogen-bond donors (Lipinski definition) is 2. The zero-order valence-corrected chi connectivity index (χ0v) is 4.78. The van der Waals surface area contributed by atoms with Gasteiger partial charge in [-0.05, 0) is 6.42 Å². The van der Waals surface area contributed by atoms with Crippen LogP contribution in [0, 0.1) is 0 Å². The minimum absolute atomic E-state index is 0.292. The molecule has 52 valence electrons. The number of esters is 1. The molecule has 0 aliphatic carbocycles. The summed E-state index contributed by atoms with van der Waals surface area (Å²) < 4.78 is 4.27. The minimum atomic E-state index is -1.03. The van der Waals surface area contributed by atoms with Crippen LogP contribution in [0.15, 0.2) is 0 Å². The normalized spacial score (nSPS) is 36.0. The van der Waals surface area contributed by atoms with E-state index in [-0.39, 0.29) is 0 Å². The Labute approximate surface area is 52.1 Å². The van der Waals surface area contributed by atoms with Crippen molar-refractivity contribution in [3.63, 3.8) is 0 Å². The molecule has 9 heavy (non-hydrogen) atoms. The summed E-state index contributed by atoms with van der Waals surface area (Å²) in [4.78, 5) is 10.4. The Morgan fingerprint density at radius 1 is 1.44 bits per heavy atom. The van der Waals surface area contributed by atoms with Crippen molar-refractivity contribution in [3.05, 3.63) is 0 Å². The Bertz CT molecular complexity index is 122. The molecule has 1 aliphatic rings. The zero-order chi connectivity index (χ0) is 6.85. The summed E-state index contributed by atoms with van der Waals surface area (Å²) in [5, 5.41) is 17.4. The average Bonchev–Trinajstić information content (AvgIpc) is 1.80. The molecular weight excluding hydrogens is 124 g/mol. The summed E-state index contributed by atoms with van der Waals surface area (Å²) in [6.45, 7) is 0. The summed E-state index contributed by atoms with van der Waals surface area (Å²) in [5.41, 5.74) is 0. The van der Waals surface area contributed by atoms with Gasteiger partial charge in [0, 0.05) is 6.42 Å². The fourth-order valence-electron chi connectivity index (χ4n) is 0.690. The Morgan fingerprint density at radius 2 is 2.11 bits per heavy atom. The van der Waals surface area contributed by atoms with Crippen LogP contribution in [0.5, 0.6) is 0 Å². The second-order valence-corrected chi connectivity index (χ2v) is 1.98.